The molecule has 0 unspecified atom stereocenters. The smallest absolute Gasteiger partial charge is 0.269 e. The molecule has 0 heterocycles. The molecule has 2 aromatic carbocycles. The van der Waals surface area contributed by atoms with Crippen LogP contribution in [0.1, 0.15) is 21.5 Å². The van der Waals surface area contributed by atoms with Gasteiger partial charge in [0.05, 0.1) is 4.92 Å². The van der Waals surface area contributed by atoms with Crippen LogP contribution in [0.3, 0.4) is 0 Å². The molecule has 0 bridgehead atoms. The number of benzene rings is 2. The van der Waals surface area contributed by atoms with Gasteiger partial charge in [-0.2, -0.15) is 0 Å². The molecular weight excluding hydrogens is 310 g/mol. The fourth-order valence-electron chi connectivity index (χ4n) is 1.87. The lowest BCUT2D eigenvalue weighted by Crippen LogP contribution is -2.18. The largest absolute Gasteiger partial charge is 0.409 e. The van der Waals surface area contributed by atoms with Crippen molar-refractivity contribution >= 4 is 28.9 Å². The van der Waals surface area contributed by atoms with Crippen LogP contribution in [0.15, 0.2) is 47.6 Å². The molecule has 2 aromatic rings. The molecule has 0 atom stereocenters. The highest BCUT2D eigenvalue weighted by Gasteiger charge is 2.17. The van der Waals surface area contributed by atoms with Gasteiger partial charge in [-0.25, -0.2) is 0 Å². The molecule has 0 aliphatic heterocycles. The van der Waals surface area contributed by atoms with Crippen molar-refractivity contribution in [3.05, 3.63) is 74.3 Å². The van der Waals surface area contributed by atoms with Crippen LogP contribution in [-0.4, -0.2) is 21.7 Å². The van der Waals surface area contributed by atoms with E-state index in [0.29, 0.717) is 5.02 Å². The number of nitro benzene ring substituents is 1. The Morgan fingerprint density at radius 2 is 1.82 bits per heavy atom. The van der Waals surface area contributed by atoms with Crippen molar-refractivity contribution in [2.45, 2.75) is 0 Å². The second kappa shape index (κ2) is 6.23. The molecule has 7 nitrogen and oxygen atoms in total. The minimum atomic E-state index is -0.560. The first kappa shape index (κ1) is 15.5. The Morgan fingerprint density at radius 3 is 2.36 bits per heavy atom. The van der Waals surface area contributed by atoms with Crippen molar-refractivity contribution in [2.75, 3.05) is 0 Å². The monoisotopic (exact) mass is 319 g/mol. The van der Waals surface area contributed by atoms with Crippen molar-refractivity contribution in [3.8, 4) is 0 Å². The number of ketones is 1. The third kappa shape index (κ3) is 3.04. The summed E-state index contributed by atoms with van der Waals surface area (Å²) < 4.78 is 0. The number of amidine groups is 1. The maximum Gasteiger partial charge on any atom is 0.269 e. The third-order valence-electron chi connectivity index (χ3n) is 2.95. The first-order valence-corrected chi connectivity index (χ1v) is 6.38. The summed E-state index contributed by atoms with van der Waals surface area (Å²) in [6.07, 6.45) is 0. The Labute approximate surface area is 129 Å². The van der Waals surface area contributed by atoms with Gasteiger partial charge in [0, 0.05) is 33.8 Å². The summed E-state index contributed by atoms with van der Waals surface area (Å²) in [7, 11) is 0. The predicted octanol–water partition coefficient (Wildman–Crippen LogP) is 2.57. The minimum Gasteiger partial charge on any atom is -0.409 e. The topological polar surface area (TPSA) is 119 Å². The van der Waals surface area contributed by atoms with E-state index in [1.54, 1.807) is 0 Å². The highest BCUT2D eigenvalue weighted by molar-refractivity contribution is 6.31. The first-order chi connectivity index (χ1) is 10.4. The molecule has 2 rings (SSSR count). The number of nitro groups is 1. The van der Waals surface area contributed by atoms with E-state index in [-0.39, 0.29) is 28.2 Å². The van der Waals surface area contributed by atoms with Gasteiger partial charge in [0.25, 0.3) is 5.69 Å². The normalized spacial score (nSPS) is 11.2. The van der Waals surface area contributed by atoms with E-state index in [9.17, 15) is 14.9 Å². The average Bonchev–Trinajstić information content (AvgIpc) is 2.53. The van der Waals surface area contributed by atoms with Gasteiger partial charge in [0.15, 0.2) is 11.6 Å². The van der Waals surface area contributed by atoms with Crippen molar-refractivity contribution in [2.24, 2.45) is 10.9 Å². The van der Waals surface area contributed by atoms with E-state index >= 15 is 0 Å². The van der Waals surface area contributed by atoms with E-state index < -0.39 is 10.7 Å². The Morgan fingerprint density at radius 1 is 1.18 bits per heavy atom. The van der Waals surface area contributed by atoms with E-state index in [1.807, 2.05) is 0 Å². The lowest BCUT2D eigenvalue weighted by molar-refractivity contribution is -0.384. The van der Waals surface area contributed by atoms with E-state index in [2.05, 4.69) is 5.16 Å². The van der Waals surface area contributed by atoms with Gasteiger partial charge in [-0.05, 0) is 30.3 Å². The summed E-state index contributed by atoms with van der Waals surface area (Å²) in [5.74, 6) is -0.680. The summed E-state index contributed by atoms with van der Waals surface area (Å²) in [5.41, 5.74) is 5.99. The lowest BCUT2D eigenvalue weighted by atomic mass is 9.97. The molecule has 0 spiro atoms. The van der Waals surface area contributed by atoms with E-state index in [4.69, 9.17) is 22.5 Å². The molecule has 22 heavy (non-hydrogen) atoms. The summed E-state index contributed by atoms with van der Waals surface area (Å²) in [5, 5.41) is 22.6. The molecule has 3 N–H and O–H groups in total. The molecule has 0 aliphatic rings. The zero-order valence-electron chi connectivity index (χ0n) is 11.1. The Balaban J connectivity index is 2.49. The summed E-state index contributed by atoms with van der Waals surface area (Å²) in [6.45, 7) is 0. The van der Waals surface area contributed by atoms with E-state index in [1.165, 1.54) is 42.5 Å². The maximum atomic E-state index is 12.5. The van der Waals surface area contributed by atoms with Gasteiger partial charge >= 0.3 is 0 Å². The van der Waals surface area contributed by atoms with E-state index in [0.717, 1.165) is 0 Å². The van der Waals surface area contributed by atoms with Crippen LogP contribution in [0.2, 0.25) is 5.02 Å². The minimum absolute atomic E-state index is 0.126. The molecule has 8 heteroatoms. The number of halogens is 1. The maximum absolute atomic E-state index is 12.5. The highest BCUT2D eigenvalue weighted by atomic mass is 35.5. The number of rotatable bonds is 4. The summed E-state index contributed by atoms with van der Waals surface area (Å²) in [6, 6.07) is 9.45. The van der Waals surface area contributed by atoms with Crippen LogP contribution in [0, 0.1) is 10.1 Å². The summed E-state index contributed by atoms with van der Waals surface area (Å²) in [4.78, 5) is 22.6. The fourth-order valence-corrected chi connectivity index (χ4v) is 2.04. The molecule has 0 aliphatic carbocycles. The third-order valence-corrected chi connectivity index (χ3v) is 3.19. The van der Waals surface area contributed by atoms with Crippen LogP contribution in [0.25, 0.3) is 0 Å². The predicted molar refractivity (Wildman–Crippen MR) is 80.5 cm³/mol. The Hall–Kier alpha value is -2.93. The number of nitrogens with two attached hydrogens (primary N) is 1. The number of hydrogen-bond acceptors (Lipinski definition) is 5. The number of carbonyl (C=O) groups excluding carboxylic acids is 1. The molecular formula is C14H10ClN3O4. The molecule has 112 valence electrons. The number of carbonyl (C=O) groups is 1. The van der Waals surface area contributed by atoms with Crippen molar-refractivity contribution in [3.63, 3.8) is 0 Å². The molecule has 0 aromatic heterocycles. The van der Waals surface area contributed by atoms with Crippen LogP contribution in [-0.2, 0) is 0 Å². The molecule has 0 saturated heterocycles. The zero-order chi connectivity index (χ0) is 16.3. The standard InChI is InChI=1S/C14H10ClN3O4/c15-9-3-6-11(14(16)17-20)12(7-9)13(19)8-1-4-10(5-2-8)18(21)22/h1-7,20H,(H2,16,17). The first-order valence-electron chi connectivity index (χ1n) is 6.00. The second-order valence-corrected chi connectivity index (χ2v) is 4.74. The molecule has 0 radical (unpaired) electrons. The van der Waals surface area contributed by atoms with Crippen LogP contribution >= 0.6 is 11.6 Å². The lowest BCUT2D eigenvalue weighted by Gasteiger charge is -2.08. The quantitative estimate of drug-likeness (QED) is 0.224. The zero-order valence-corrected chi connectivity index (χ0v) is 11.8. The van der Waals surface area contributed by atoms with Crippen molar-refractivity contribution < 1.29 is 14.9 Å². The highest BCUT2D eigenvalue weighted by Crippen LogP contribution is 2.21. The SMILES string of the molecule is NC(=NO)c1ccc(Cl)cc1C(=O)c1ccc([N+](=O)[O-])cc1. The van der Waals surface area contributed by atoms with Crippen molar-refractivity contribution in [1.82, 2.24) is 0 Å². The number of nitrogens with zero attached hydrogens (tertiary/aromatic N) is 2. The van der Waals surface area contributed by atoms with Crippen LogP contribution in [0.4, 0.5) is 5.69 Å². The van der Waals surface area contributed by atoms with Crippen molar-refractivity contribution in [1.29, 1.82) is 0 Å². The van der Waals surface area contributed by atoms with Gasteiger partial charge in [0.1, 0.15) is 0 Å². The van der Waals surface area contributed by atoms with Gasteiger partial charge in [0.2, 0.25) is 0 Å². The Bertz CT molecular complexity index is 772. The molecule has 0 saturated carbocycles. The summed E-state index contributed by atoms with van der Waals surface area (Å²) >= 11 is 5.88. The van der Waals surface area contributed by atoms with Crippen LogP contribution < -0.4 is 5.73 Å². The number of hydrogen-bond donors (Lipinski definition) is 2. The second-order valence-electron chi connectivity index (χ2n) is 4.31. The van der Waals surface area contributed by atoms with Gasteiger partial charge in [-0.1, -0.05) is 16.8 Å². The molecule has 0 amide bonds. The molecule has 0 fully saturated rings. The van der Waals surface area contributed by atoms with Gasteiger partial charge in [-0.15, -0.1) is 0 Å². The van der Waals surface area contributed by atoms with Gasteiger partial charge in [-0.3, -0.25) is 14.9 Å². The van der Waals surface area contributed by atoms with Crippen LogP contribution in [0.5, 0.6) is 0 Å². The van der Waals surface area contributed by atoms with Gasteiger partial charge < -0.3 is 10.9 Å². The fraction of sp³-hybridized carbons (Fsp3) is 0. The number of oxime groups is 1. The Kier molecular flexibility index (Phi) is 4.38. The average molecular weight is 320 g/mol. The number of non-ortho nitro benzene ring substituents is 1.